The van der Waals surface area contributed by atoms with Gasteiger partial charge in [-0.15, -0.1) is 0 Å². The first-order chi connectivity index (χ1) is 20.6. The number of hydrogen-bond donors (Lipinski definition) is 1. The molecule has 43 heavy (non-hydrogen) atoms. The summed E-state index contributed by atoms with van der Waals surface area (Å²) in [6, 6.07) is 7.86. The zero-order valence-corrected chi connectivity index (χ0v) is 27.9. The number of nitrogens with one attached hydrogen (secondary N) is 1. The van der Waals surface area contributed by atoms with Crippen molar-refractivity contribution in [2.75, 3.05) is 40.4 Å². The van der Waals surface area contributed by atoms with E-state index in [-0.39, 0.29) is 5.56 Å². The number of benzene rings is 1. The lowest BCUT2D eigenvalue weighted by Crippen LogP contribution is -2.44. The number of rotatable bonds is 14. The minimum atomic E-state index is -0.106. The number of nitrogens with zero attached hydrogens (tertiary/aromatic N) is 4. The van der Waals surface area contributed by atoms with E-state index in [4.69, 9.17) is 21.3 Å². The maximum absolute atomic E-state index is 13.9. The predicted octanol–water partition coefficient (Wildman–Crippen LogP) is 5.96. The van der Waals surface area contributed by atoms with E-state index in [0.717, 1.165) is 53.6 Å². The quantitative estimate of drug-likeness (QED) is 0.213. The van der Waals surface area contributed by atoms with Crippen LogP contribution in [0.1, 0.15) is 66.4 Å². The van der Waals surface area contributed by atoms with Crippen molar-refractivity contribution in [3.63, 3.8) is 0 Å². The average molecular weight is 606 g/mol. The van der Waals surface area contributed by atoms with Crippen LogP contribution in [0.15, 0.2) is 67.8 Å². The first kappa shape index (κ1) is 34.2. The second kappa shape index (κ2) is 16.6. The summed E-state index contributed by atoms with van der Waals surface area (Å²) in [6.07, 6.45) is 8.42. The Labute approximate surface area is 262 Å². The molecule has 0 radical (unpaired) electrons. The summed E-state index contributed by atoms with van der Waals surface area (Å²) >= 11 is 6.91. The van der Waals surface area contributed by atoms with E-state index in [1.807, 2.05) is 71.5 Å². The first-order valence-electron chi connectivity index (χ1n) is 15.3. The lowest BCUT2D eigenvalue weighted by molar-refractivity contribution is 0.120. The zero-order chi connectivity index (χ0) is 31.5. The molecule has 2 heterocycles. The summed E-state index contributed by atoms with van der Waals surface area (Å²) in [4.78, 5) is 25.5. The van der Waals surface area contributed by atoms with Crippen LogP contribution in [0.5, 0.6) is 0 Å². The molecule has 2 aromatic rings. The van der Waals surface area contributed by atoms with Gasteiger partial charge in [0.1, 0.15) is 11.3 Å². The van der Waals surface area contributed by atoms with Gasteiger partial charge >= 0.3 is 0 Å². The summed E-state index contributed by atoms with van der Waals surface area (Å²) < 4.78 is 7.51. The highest BCUT2D eigenvalue weighted by molar-refractivity contribution is 6.33. The molecule has 232 valence electrons. The number of pyridine rings is 1. The summed E-state index contributed by atoms with van der Waals surface area (Å²) in [5.74, 6) is 0.825. The fraction of sp³-hybridized carbons (Fsp3) is 0.457. The van der Waals surface area contributed by atoms with Crippen molar-refractivity contribution in [3.8, 4) is 11.1 Å². The summed E-state index contributed by atoms with van der Waals surface area (Å²) in [7, 11) is 4.07. The van der Waals surface area contributed by atoms with E-state index < -0.39 is 0 Å². The average Bonchev–Trinajstić information content (AvgIpc) is 3.15. The molecule has 1 aromatic carbocycles. The molecule has 0 saturated carbocycles. The van der Waals surface area contributed by atoms with E-state index in [1.165, 1.54) is 11.1 Å². The number of allylic oxidation sites excluding steroid dienone is 4. The van der Waals surface area contributed by atoms with E-state index in [2.05, 4.69) is 42.1 Å². The Kier molecular flexibility index (Phi) is 13.2. The molecule has 0 atom stereocenters. The standard InChI is InChI=1S/C35H48ClN5O2/c1-9-25(6)31(23-37-22-24(4)5)27-14-15-29(32(36)21-27)30-20-28-13-12-26(10-2)33(38-16-18-43-19-17-40(7)8)39-34(28)41(11-3)35(30)42/h13-15,20-23,38H,9-12,16-19H2,1-8H3. The van der Waals surface area contributed by atoms with Gasteiger partial charge in [-0.05, 0) is 89.9 Å². The number of hydrogen-bond acceptors (Lipinski definition) is 6. The van der Waals surface area contributed by atoms with Gasteiger partial charge in [-0.25, -0.2) is 4.99 Å². The van der Waals surface area contributed by atoms with Crippen LogP contribution in [-0.4, -0.2) is 56.1 Å². The van der Waals surface area contributed by atoms with Crippen molar-refractivity contribution in [1.29, 1.82) is 0 Å². The topological polar surface area (TPSA) is 71.2 Å². The van der Waals surface area contributed by atoms with E-state index in [9.17, 15) is 4.79 Å². The zero-order valence-electron chi connectivity index (χ0n) is 27.2. The predicted molar refractivity (Wildman–Crippen MR) is 182 cm³/mol. The van der Waals surface area contributed by atoms with Gasteiger partial charge in [-0.3, -0.25) is 14.4 Å². The van der Waals surface area contributed by atoms with Crippen LogP contribution in [0, 0.1) is 0 Å². The third kappa shape index (κ3) is 9.12. The second-order valence-electron chi connectivity index (χ2n) is 11.3. The third-order valence-electron chi connectivity index (χ3n) is 7.47. The van der Waals surface area contributed by atoms with Crippen molar-refractivity contribution in [2.45, 2.75) is 67.3 Å². The lowest BCUT2D eigenvalue weighted by Gasteiger charge is -2.14. The number of likely N-dealkylation sites (N-methyl/N-ethyl adjacent to an activating group) is 1. The first-order valence-corrected chi connectivity index (χ1v) is 15.7. The Balaban J connectivity index is 2.02. The molecule has 3 rings (SSSR count). The number of ether oxygens (including phenoxy) is 1. The van der Waals surface area contributed by atoms with Gasteiger partial charge < -0.3 is 15.0 Å². The molecule has 0 saturated heterocycles. The molecular weight excluding hydrogens is 558 g/mol. The van der Waals surface area contributed by atoms with Gasteiger partial charge in [0.05, 0.1) is 13.2 Å². The van der Waals surface area contributed by atoms with Gasteiger partial charge in [0.15, 0.2) is 0 Å². The Bertz CT molecular complexity index is 1590. The van der Waals surface area contributed by atoms with E-state index >= 15 is 0 Å². The van der Waals surface area contributed by atoms with Crippen molar-refractivity contribution in [1.82, 2.24) is 14.8 Å². The Morgan fingerprint density at radius 3 is 2.53 bits per heavy atom. The molecule has 1 aliphatic heterocycles. The smallest absolute Gasteiger partial charge is 0.260 e. The molecular formula is C35H48ClN5O2. The van der Waals surface area contributed by atoms with Crippen LogP contribution in [-0.2, 0) is 11.3 Å². The number of fused-ring (bicyclic) bond motifs is 1. The molecule has 0 fully saturated rings. The van der Waals surface area contributed by atoms with Gasteiger partial charge in [-0.1, -0.05) is 54.8 Å². The Morgan fingerprint density at radius 1 is 1.14 bits per heavy atom. The van der Waals surface area contributed by atoms with Crippen LogP contribution >= 0.6 is 11.6 Å². The maximum atomic E-state index is 13.9. The number of aliphatic imine (C=N–C) groups is 1. The molecule has 0 amide bonds. The van der Waals surface area contributed by atoms with Gasteiger partial charge in [0, 0.05) is 53.4 Å². The molecule has 0 aliphatic carbocycles. The van der Waals surface area contributed by atoms with Gasteiger partial charge in [0.2, 0.25) is 0 Å². The van der Waals surface area contributed by atoms with Crippen molar-refractivity contribution >= 4 is 29.5 Å². The molecule has 0 spiro atoms. The number of halogens is 1. The largest absolute Gasteiger partial charge is 0.378 e. The van der Waals surface area contributed by atoms with Crippen LogP contribution in [0.25, 0.3) is 22.8 Å². The third-order valence-corrected chi connectivity index (χ3v) is 7.78. The summed E-state index contributed by atoms with van der Waals surface area (Å²) in [6.45, 7) is 15.7. The van der Waals surface area contributed by atoms with Gasteiger partial charge in [0.25, 0.3) is 5.56 Å². The van der Waals surface area contributed by atoms with Crippen LogP contribution in [0.4, 0.5) is 0 Å². The molecule has 1 aromatic heterocycles. The second-order valence-corrected chi connectivity index (χ2v) is 11.7. The van der Waals surface area contributed by atoms with E-state index in [0.29, 0.717) is 47.9 Å². The highest BCUT2D eigenvalue weighted by Crippen LogP contribution is 2.30. The van der Waals surface area contributed by atoms with Crippen LogP contribution in [0.2, 0.25) is 5.02 Å². The normalized spacial score (nSPS) is 13.8. The highest BCUT2D eigenvalue weighted by atomic mass is 35.5. The SMILES string of the molecule is CCC(C)=C(C=NC=C(C)C)c1ccc(-c2cc3c(n(CC)c2=O)=NC(NCCOCCN(C)C)=C(CC)CC=3)c(Cl)c1. The minimum Gasteiger partial charge on any atom is -0.378 e. The maximum Gasteiger partial charge on any atom is 0.260 e. The van der Waals surface area contributed by atoms with Crippen LogP contribution < -0.4 is 21.6 Å². The molecule has 1 aliphatic rings. The molecule has 1 N–H and O–H groups in total. The Morgan fingerprint density at radius 2 is 1.91 bits per heavy atom. The van der Waals surface area contributed by atoms with Crippen molar-refractivity contribution in [2.24, 2.45) is 9.98 Å². The van der Waals surface area contributed by atoms with Crippen LogP contribution in [0.3, 0.4) is 0 Å². The molecule has 7 nitrogen and oxygen atoms in total. The summed E-state index contributed by atoms with van der Waals surface area (Å²) in [5, 5.41) is 4.93. The fourth-order valence-electron chi connectivity index (χ4n) is 4.81. The molecule has 0 unspecified atom stereocenters. The fourth-order valence-corrected chi connectivity index (χ4v) is 5.09. The monoisotopic (exact) mass is 605 g/mol. The molecule has 0 bridgehead atoms. The number of aromatic nitrogens is 1. The molecule has 8 heteroatoms. The minimum absolute atomic E-state index is 0.106. The lowest BCUT2D eigenvalue weighted by atomic mass is 9.97. The van der Waals surface area contributed by atoms with Crippen molar-refractivity contribution in [3.05, 3.63) is 84.7 Å². The van der Waals surface area contributed by atoms with Gasteiger partial charge in [-0.2, -0.15) is 0 Å². The summed E-state index contributed by atoms with van der Waals surface area (Å²) in [5.41, 5.74) is 7.41. The van der Waals surface area contributed by atoms with Crippen molar-refractivity contribution < 1.29 is 4.74 Å². The highest BCUT2D eigenvalue weighted by Gasteiger charge is 2.16. The Hall–Kier alpha value is -3.26. The van der Waals surface area contributed by atoms with E-state index in [1.54, 1.807) is 4.57 Å².